The first-order chi connectivity index (χ1) is 5.88. The van der Waals surface area contributed by atoms with Crippen LogP contribution in [0.5, 0.6) is 5.88 Å². The number of esters is 1. The summed E-state index contributed by atoms with van der Waals surface area (Å²) < 4.78 is 5.03. The van der Waals surface area contributed by atoms with E-state index in [1.54, 1.807) is 20.8 Å². The van der Waals surface area contributed by atoms with Crippen LogP contribution < -0.4 is 0 Å². The monoisotopic (exact) mass is 201 g/mol. The Kier molecular flexibility index (Phi) is 2.56. The molecule has 0 aromatic carbocycles. The van der Waals surface area contributed by atoms with E-state index in [4.69, 9.17) is 9.84 Å². The number of hydrogen-bond acceptors (Lipinski definition) is 5. The second kappa shape index (κ2) is 3.33. The van der Waals surface area contributed by atoms with Crippen molar-refractivity contribution in [1.29, 1.82) is 0 Å². The minimum atomic E-state index is -0.529. The number of thiazole rings is 1. The minimum Gasteiger partial charge on any atom is -0.493 e. The maximum atomic E-state index is 11.3. The minimum absolute atomic E-state index is 0.147. The summed E-state index contributed by atoms with van der Waals surface area (Å²) in [6.07, 6.45) is 0. The van der Waals surface area contributed by atoms with E-state index in [2.05, 4.69) is 4.98 Å². The highest BCUT2D eigenvalue weighted by Gasteiger charge is 2.20. The number of hydrogen-bond donors (Lipinski definition) is 1. The molecular weight excluding hydrogens is 190 g/mol. The summed E-state index contributed by atoms with van der Waals surface area (Å²) >= 11 is 1.06. The van der Waals surface area contributed by atoms with Crippen LogP contribution in [-0.4, -0.2) is 21.7 Å². The lowest BCUT2D eigenvalue weighted by atomic mass is 10.2. The van der Waals surface area contributed by atoms with Gasteiger partial charge in [-0.1, -0.05) is 0 Å². The molecule has 0 saturated heterocycles. The van der Waals surface area contributed by atoms with Crippen LogP contribution in [0.25, 0.3) is 0 Å². The molecule has 4 nitrogen and oxygen atoms in total. The Morgan fingerprint density at radius 1 is 1.62 bits per heavy atom. The number of rotatable bonds is 1. The molecule has 72 valence electrons. The average molecular weight is 201 g/mol. The number of nitrogens with zero attached hydrogens (tertiary/aromatic N) is 1. The van der Waals surface area contributed by atoms with Crippen molar-refractivity contribution >= 4 is 17.3 Å². The van der Waals surface area contributed by atoms with Crippen LogP contribution in [0.1, 0.15) is 30.6 Å². The van der Waals surface area contributed by atoms with Crippen molar-refractivity contribution < 1.29 is 14.6 Å². The standard InChI is InChI=1S/C8H11NO3S/c1-8(2,3)12-7(11)6-9-5(10)4-13-6/h4,10H,1-3H3. The van der Waals surface area contributed by atoms with Crippen LogP contribution >= 0.6 is 11.3 Å². The Morgan fingerprint density at radius 3 is 2.62 bits per heavy atom. The Balaban J connectivity index is 2.70. The normalized spacial score (nSPS) is 11.3. The van der Waals surface area contributed by atoms with E-state index >= 15 is 0 Å². The van der Waals surface area contributed by atoms with Crippen LogP contribution in [0.4, 0.5) is 0 Å². The second-order valence-corrected chi connectivity index (χ2v) is 4.37. The molecule has 0 aliphatic heterocycles. The van der Waals surface area contributed by atoms with Gasteiger partial charge in [0.25, 0.3) is 0 Å². The van der Waals surface area contributed by atoms with Crippen LogP contribution in [0.15, 0.2) is 5.38 Å². The number of carbonyl (C=O) groups is 1. The molecular formula is C8H11NO3S. The zero-order valence-corrected chi connectivity index (χ0v) is 8.51. The quantitative estimate of drug-likeness (QED) is 0.704. The number of aromatic hydroxyl groups is 1. The van der Waals surface area contributed by atoms with Crippen molar-refractivity contribution in [3.8, 4) is 5.88 Å². The Labute approximate surface area is 80.2 Å². The number of ether oxygens (including phenoxy) is 1. The SMILES string of the molecule is CC(C)(C)OC(=O)c1nc(O)cs1. The van der Waals surface area contributed by atoms with E-state index in [1.807, 2.05) is 0 Å². The van der Waals surface area contributed by atoms with Crippen LogP contribution in [0.2, 0.25) is 0 Å². The molecule has 1 aromatic heterocycles. The Morgan fingerprint density at radius 2 is 2.23 bits per heavy atom. The fraction of sp³-hybridized carbons (Fsp3) is 0.500. The molecule has 1 N–H and O–H groups in total. The van der Waals surface area contributed by atoms with Crippen molar-refractivity contribution in [3.63, 3.8) is 0 Å². The predicted molar refractivity (Wildman–Crippen MR) is 48.9 cm³/mol. The first kappa shape index (κ1) is 9.98. The van der Waals surface area contributed by atoms with Crippen molar-refractivity contribution in [2.75, 3.05) is 0 Å². The lowest BCUT2D eigenvalue weighted by molar-refractivity contribution is 0.00685. The maximum Gasteiger partial charge on any atom is 0.368 e. The molecule has 0 fully saturated rings. The Hall–Kier alpha value is -1.10. The van der Waals surface area contributed by atoms with Gasteiger partial charge in [-0.05, 0) is 20.8 Å². The molecule has 0 bridgehead atoms. The second-order valence-electron chi connectivity index (χ2n) is 3.51. The van der Waals surface area contributed by atoms with E-state index < -0.39 is 11.6 Å². The highest BCUT2D eigenvalue weighted by atomic mass is 32.1. The summed E-state index contributed by atoms with van der Waals surface area (Å²) in [5.41, 5.74) is -0.529. The molecule has 0 aliphatic rings. The third-order valence-corrected chi connectivity index (χ3v) is 1.88. The predicted octanol–water partition coefficient (Wildman–Crippen LogP) is 1.80. The molecule has 1 aromatic rings. The molecule has 0 saturated carbocycles. The Bertz CT molecular complexity index is 313. The molecule has 1 heterocycles. The molecule has 1 rings (SSSR count). The van der Waals surface area contributed by atoms with Gasteiger partial charge in [0.1, 0.15) is 5.60 Å². The molecule has 0 aliphatic carbocycles. The van der Waals surface area contributed by atoms with Gasteiger partial charge >= 0.3 is 5.97 Å². The summed E-state index contributed by atoms with van der Waals surface area (Å²) in [5.74, 6) is -0.649. The van der Waals surface area contributed by atoms with Gasteiger partial charge < -0.3 is 9.84 Å². The molecule has 0 atom stereocenters. The smallest absolute Gasteiger partial charge is 0.368 e. The fourth-order valence-corrected chi connectivity index (χ4v) is 1.23. The van der Waals surface area contributed by atoms with Gasteiger partial charge in [0.2, 0.25) is 10.9 Å². The van der Waals surface area contributed by atoms with Gasteiger partial charge in [-0.3, -0.25) is 0 Å². The van der Waals surface area contributed by atoms with Crippen LogP contribution in [0, 0.1) is 0 Å². The summed E-state index contributed by atoms with van der Waals surface area (Å²) in [5, 5.41) is 10.5. The first-order valence-electron chi connectivity index (χ1n) is 3.76. The summed E-state index contributed by atoms with van der Waals surface area (Å²) in [4.78, 5) is 14.9. The van der Waals surface area contributed by atoms with Gasteiger partial charge in [0.05, 0.1) is 5.38 Å². The lowest BCUT2D eigenvalue weighted by Gasteiger charge is -2.18. The van der Waals surface area contributed by atoms with Gasteiger partial charge in [0.15, 0.2) is 0 Å². The zero-order valence-electron chi connectivity index (χ0n) is 7.70. The fourth-order valence-electron chi connectivity index (χ4n) is 0.681. The molecule has 0 radical (unpaired) electrons. The maximum absolute atomic E-state index is 11.3. The van der Waals surface area contributed by atoms with E-state index in [1.165, 1.54) is 5.38 Å². The molecule has 13 heavy (non-hydrogen) atoms. The highest BCUT2D eigenvalue weighted by molar-refractivity contribution is 7.11. The first-order valence-corrected chi connectivity index (χ1v) is 4.64. The van der Waals surface area contributed by atoms with E-state index in [9.17, 15) is 4.79 Å². The van der Waals surface area contributed by atoms with Crippen molar-refractivity contribution in [2.45, 2.75) is 26.4 Å². The summed E-state index contributed by atoms with van der Waals surface area (Å²) in [6, 6.07) is 0. The number of aromatic nitrogens is 1. The molecule has 0 unspecified atom stereocenters. The summed E-state index contributed by atoms with van der Waals surface area (Å²) in [6.45, 7) is 5.33. The molecule has 5 heteroatoms. The van der Waals surface area contributed by atoms with E-state index in [0.29, 0.717) is 0 Å². The summed E-state index contributed by atoms with van der Waals surface area (Å²) in [7, 11) is 0. The number of carbonyl (C=O) groups excluding carboxylic acids is 1. The largest absolute Gasteiger partial charge is 0.493 e. The van der Waals surface area contributed by atoms with Gasteiger partial charge in [-0.2, -0.15) is 4.98 Å². The van der Waals surface area contributed by atoms with Gasteiger partial charge in [0, 0.05) is 0 Å². The van der Waals surface area contributed by atoms with Crippen molar-refractivity contribution in [1.82, 2.24) is 4.98 Å². The van der Waals surface area contributed by atoms with E-state index in [-0.39, 0.29) is 10.9 Å². The van der Waals surface area contributed by atoms with Crippen molar-refractivity contribution in [3.05, 3.63) is 10.4 Å². The third-order valence-electron chi connectivity index (χ3n) is 1.07. The molecule has 0 amide bonds. The zero-order chi connectivity index (χ0) is 10.1. The van der Waals surface area contributed by atoms with Crippen LogP contribution in [0.3, 0.4) is 0 Å². The van der Waals surface area contributed by atoms with Crippen LogP contribution in [-0.2, 0) is 4.74 Å². The highest BCUT2D eigenvalue weighted by Crippen LogP contribution is 2.18. The van der Waals surface area contributed by atoms with E-state index in [0.717, 1.165) is 11.3 Å². The lowest BCUT2D eigenvalue weighted by Crippen LogP contribution is -2.23. The van der Waals surface area contributed by atoms with Crippen molar-refractivity contribution in [2.24, 2.45) is 0 Å². The van der Waals surface area contributed by atoms with Gasteiger partial charge in [-0.25, -0.2) is 4.79 Å². The average Bonchev–Trinajstić information content (AvgIpc) is 2.31. The topological polar surface area (TPSA) is 59.4 Å². The third kappa shape index (κ3) is 3.02. The molecule has 0 spiro atoms. The van der Waals surface area contributed by atoms with Gasteiger partial charge in [-0.15, -0.1) is 11.3 Å².